The van der Waals surface area contributed by atoms with Crippen LogP contribution in [0.4, 0.5) is 0 Å². The zero-order chi connectivity index (χ0) is 36.7. The van der Waals surface area contributed by atoms with E-state index >= 15 is 0 Å². The smallest absolute Gasteiger partial charge is 0.220 e. The minimum absolute atomic E-state index is 0.226. The van der Waals surface area contributed by atoms with Gasteiger partial charge in [0.15, 0.2) is 6.29 Å². The monoisotopic (exact) mass is 706 g/mol. The molecule has 0 aliphatic carbocycles. The van der Waals surface area contributed by atoms with Crippen molar-refractivity contribution in [2.24, 2.45) is 0 Å². The summed E-state index contributed by atoms with van der Waals surface area (Å²) >= 11 is 0. The van der Waals surface area contributed by atoms with Crippen molar-refractivity contribution in [1.29, 1.82) is 0 Å². The average Bonchev–Trinajstić information content (AvgIpc) is 3.11. The third-order valence-electron chi connectivity index (χ3n) is 8.81. The van der Waals surface area contributed by atoms with E-state index in [4.69, 9.17) is 9.47 Å². The maximum absolute atomic E-state index is 12.8. The Morgan fingerprint density at radius 2 is 1.20 bits per heavy atom. The Balaban J connectivity index is 2.55. The van der Waals surface area contributed by atoms with Crippen LogP contribution in [0.2, 0.25) is 0 Å². The third-order valence-corrected chi connectivity index (χ3v) is 8.81. The maximum atomic E-state index is 12.8. The van der Waals surface area contributed by atoms with Gasteiger partial charge in [0.2, 0.25) is 5.91 Å². The van der Waals surface area contributed by atoms with Gasteiger partial charge in [0.05, 0.1) is 25.4 Å². The highest BCUT2D eigenvalue weighted by Gasteiger charge is 2.44. The molecule has 0 bridgehead atoms. The van der Waals surface area contributed by atoms with Crippen molar-refractivity contribution in [3.05, 3.63) is 60.8 Å². The molecule has 288 valence electrons. The molecule has 6 N–H and O–H groups in total. The Morgan fingerprint density at radius 3 is 1.82 bits per heavy atom. The van der Waals surface area contributed by atoms with E-state index in [9.17, 15) is 30.3 Å². The molecule has 1 heterocycles. The van der Waals surface area contributed by atoms with Gasteiger partial charge in [-0.3, -0.25) is 4.79 Å². The van der Waals surface area contributed by atoms with Crippen LogP contribution >= 0.6 is 0 Å². The number of carbonyl (C=O) groups is 1. The maximum Gasteiger partial charge on any atom is 0.220 e. The summed E-state index contributed by atoms with van der Waals surface area (Å²) in [5.41, 5.74) is 0. The summed E-state index contributed by atoms with van der Waals surface area (Å²) in [5, 5.41) is 53.8. The van der Waals surface area contributed by atoms with Crippen LogP contribution in [0.5, 0.6) is 0 Å². The van der Waals surface area contributed by atoms with E-state index in [0.29, 0.717) is 12.8 Å². The number of allylic oxidation sites excluding steroid dienone is 9. The molecule has 1 amide bonds. The molecule has 1 aliphatic rings. The molecule has 9 nitrogen and oxygen atoms in total. The molecular formula is C41H71NO8. The van der Waals surface area contributed by atoms with Crippen molar-refractivity contribution in [3.8, 4) is 0 Å². The number of hydrogen-bond donors (Lipinski definition) is 6. The molecular weight excluding hydrogens is 634 g/mol. The van der Waals surface area contributed by atoms with Crippen molar-refractivity contribution in [3.63, 3.8) is 0 Å². The first-order valence-electron chi connectivity index (χ1n) is 19.5. The van der Waals surface area contributed by atoms with Crippen molar-refractivity contribution >= 4 is 5.91 Å². The molecule has 0 aromatic heterocycles. The molecule has 1 fully saturated rings. The highest BCUT2D eigenvalue weighted by molar-refractivity contribution is 5.76. The minimum atomic E-state index is -1.58. The molecule has 1 aliphatic heterocycles. The number of ether oxygens (including phenoxy) is 2. The SMILES string of the molecule is CCCCCC/C=C/CC/C=C/CC/C=C/C(O)C(COC1OC(CO)C(O)C(O)C1O)NC(=O)CC/C=C\C/C=C\CCCCCCCC. The zero-order valence-electron chi connectivity index (χ0n) is 31.1. The molecule has 50 heavy (non-hydrogen) atoms. The largest absolute Gasteiger partial charge is 0.394 e. The fourth-order valence-electron chi connectivity index (χ4n) is 5.59. The van der Waals surface area contributed by atoms with E-state index in [2.05, 4.69) is 55.6 Å². The molecule has 0 aromatic rings. The Labute approximate surface area is 303 Å². The van der Waals surface area contributed by atoms with Gasteiger partial charge in [0.1, 0.15) is 24.4 Å². The van der Waals surface area contributed by atoms with Gasteiger partial charge in [-0.15, -0.1) is 0 Å². The van der Waals surface area contributed by atoms with Crippen LogP contribution in [0.25, 0.3) is 0 Å². The van der Waals surface area contributed by atoms with Gasteiger partial charge in [-0.2, -0.15) is 0 Å². The van der Waals surface area contributed by atoms with Crippen LogP contribution in [0.3, 0.4) is 0 Å². The summed E-state index contributed by atoms with van der Waals surface area (Å²) in [6.45, 7) is 3.64. The molecule has 1 saturated heterocycles. The van der Waals surface area contributed by atoms with Gasteiger partial charge in [0, 0.05) is 6.42 Å². The molecule has 7 unspecified atom stereocenters. The molecule has 9 heteroatoms. The van der Waals surface area contributed by atoms with Gasteiger partial charge in [-0.1, -0.05) is 126 Å². The Kier molecular flexibility index (Phi) is 29.0. The van der Waals surface area contributed by atoms with E-state index in [1.165, 1.54) is 64.2 Å². The van der Waals surface area contributed by atoms with Crippen molar-refractivity contribution in [2.75, 3.05) is 13.2 Å². The quantitative estimate of drug-likeness (QED) is 0.0350. The Hall–Kier alpha value is -2.11. The molecule has 7 atom stereocenters. The fraction of sp³-hybridized carbons (Fsp3) is 0.732. The second-order valence-corrected chi connectivity index (χ2v) is 13.3. The van der Waals surface area contributed by atoms with Crippen molar-refractivity contribution < 1.29 is 39.8 Å². The molecule has 0 aromatic carbocycles. The molecule has 0 saturated carbocycles. The van der Waals surface area contributed by atoms with Gasteiger partial charge in [0.25, 0.3) is 0 Å². The summed E-state index contributed by atoms with van der Waals surface area (Å²) in [4.78, 5) is 12.8. The van der Waals surface area contributed by atoms with Crippen LogP contribution in [0.1, 0.15) is 136 Å². The van der Waals surface area contributed by atoms with E-state index in [0.717, 1.165) is 38.5 Å². The van der Waals surface area contributed by atoms with E-state index < -0.39 is 49.5 Å². The predicted octanol–water partition coefficient (Wildman–Crippen LogP) is 6.88. The lowest BCUT2D eigenvalue weighted by Crippen LogP contribution is -2.60. The molecule has 1 rings (SSSR count). The molecule has 0 radical (unpaired) electrons. The highest BCUT2D eigenvalue weighted by atomic mass is 16.7. The number of unbranched alkanes of at least 4 members (excludes halogenated alkanes) is 12. The standard InChI is InChI=1S/C41H71NO8/c1-3-5-7-9-11-13-15-17-19-20-22-24-26-28-30-35(44)34(33-49-41-40(48)39(47)38(46)36(32-43)50-41)42-37(45)31-29-27-25-23-21-18-16-14-12-10-8-6-4-2/h13,15,18,20-22,25,27-28,30,34-36,38-41,43-44,46-48H,3-12,14,16-17,19,23-24,26,29,31-33H2,1-2H3,(H,42,45)/b15-13+,21-18-,22-20+,27-25-,30-28+. The predicted molar refractivity (Wildman–Crippen MR) is 202 cm³/mol. The Morgan fingerprint density at radius 1 is 0.680 bits per heavy atom. The summed E-state index contributed by atoms with van der Waals surface area (Å²) in [7, 11) is 0. The summed E-state index contributed by atoms with van der Waals surface area (Å²) < 4.78 is 11.1. The minimum Gasteiger partial charge on any atom is -0.394 e. The number of rotatable bonds is 30. The lowest BCUT2D eigenvalue weighted by atomic mass is 9.99. The van der Waals surface area contributed by atoms with Gasteiger partial charge in [-0.05, 0) is 64.2 Å². The topological polar surface area (TPSA) is 149 Å². The van der Waals surface area contributed by atoms with Crippen LogP contribution in [0, 0.1) is 0 Å². The van der Waals surface area contributed by atoms with E-state index in [-0.39, 0.29) is 18.9 Å². The summed E-state index contributed by atoms with van der Waals surface area (Å²) in [5.74, 6) is -0.263. The summed E-state index contributed by atoms with van der Waals surface area (Å²) in [6, 6.07) is -0.857. The van der Waals surface area contributed by atoms with Crippen LogP contribution in [-0.4, -0.2) is 87.5 Å². The first kappa shape index (κ1) is 45.9. The fourth-order valence-corrected chi connectivity index (χ4v) is 5.59. The van der Waals surface area contributed by atoms with Crippen LogP contribution < -0.4 is 5.32 Å². The number of nitrogens with one attached hydrogen (secondary N) is 1. The number of hydrogen-bond acceptors (Lipinski definition) is 8. The number of amides is 1. The first-order valence-corrected chi connectivity index (χ1v) is 19.5. The third kappa shape index (κ3) is 22.7. The van der Waals surface area contributed by atoms with Crippen LogP contribution in [0.15, 0.2) is 60.8 Å². The summed E-state index contributed by atoms with van der Waals surface area (Å²) in [6.07, 6.45) is 32.7. The van der Waals surface area contributed by atoms with Crippen molar-refractivity contribution in [2.45, 2.75) is 179 Å². The number of aliphatic hydroxyl groups excluding tert-OH is 5. The van der Waals surface area contributed by atoms with E-state index in [1.807, 2.05) is 18.2 Å². The van der Waals surface area contributed by atoms with Crippen molar-refractivity contribution in [1.82, 2.24) is 5.32 Å². The first-order chi connectivity index (χ1) is 24.3. The second-order valence-electron chi connectivity index (χ2n) is 13.3. The van der Waals surface area contributed by atoms with Crippen LogP contribution in [-0.2, 0) is 14.3 Å². The Bertz CT molecular complexity index is 962. The lowest BCUT2D eigenvalue weighted by Gasteiger charge is -2.40. The van der Waals surface area contributed by atoms with Gasteiger partial charge in [-0.25, -0.2) is 0 Å². The zero-order valence-corrected chi connectivity index (χ0v) is 31.1. The van der Waals surface area contributed by atoms with Gasteiger partial charge < -0.3 is 40.3 Å². The number of aliphatic hydroxyl groups is 5. The number of carbonyl (C=O) groups excluding carboxylic acids is 1. The van der Waals surface area contributed by atoms with E-state index in [1.54, 1.807) is 6.08 Å². The molecule has 0 spiro atoms. The normalized spacial score (nSPS) is 22.9. The average molecular weight is 706 g/mol. The van der Waals surface area contributed by atoms with Gasteiger partial charge >= 0.3 is 0 Å². The second kappa shape index (κ2) is 31.6. The lowest BCUT2D eigenvalue weighted by molar-refractivity contribution is -0.302. The highest BCUT2D eigenvalue weighted by Crippen LogP contribution is 2.22.